The molecule has 0 saturated heterocycles. The maximum absolute atomic E-state index is 2.44. The Balaban J connectivity index is 2.48. The van der Waals surface area contributed by atoms with Gasteiger partial charge in [0.1, 0.15) is 0 Å². The van der Waals surface area contributed by atoms with Gasteiger partial charge in [0.25, 0.3) is 0 Å². The topological polar surface area (TPSA) is 0 Å². The molecule has 0 amide bonds. The van der Waals surface area contributed by atoms with Gasteiger partial charge in [-0.2, -0.15) is 0 Å². The summed E-state index contributed by atoms with van der Waals surface area (Å²) in [6.45, 7) is 2.22. The van der Waals surface area contributed by atoms with E-state index in [4.69, 9.17) is 0 Å². The summed E-state index contributed by atoms with van der Waals surface area (Å²) in [7, 11) is 0. The molecule has 1 aliphatic rings. The molecule has 58 valence electrons. The summed E-state index contributed by atoms with van der Waals surface area (Å²) in [6.07, 6.45) is 2.81. The van der Waals surface area contributed by atoms with Crippen LogP contribution in [-0.4, -0.2) is 0 Å². The van der Waals surface area contributed by atoms with E-state index < -0.39 is 0 Å². The third kappa shape index (κ3) is 1.43. The maximum atomic E-state index is 2.44. The van der Waals surface area contributed by atoms with E-state index in [1.807, 2.05) is 0 Å². The van der Waals surface area contributed by atoms with E-state index >= 15 is 0 Å². The van der Waals surface area contributed by atoms with E-state index in [1.54, 1.807) is 5.56 Å². The predicted molar refractivity (Wildman–Crippen MR) is 55.9 cm³/mol. The van der Waals surface area contributed by atoms with Crippen LogP contribution in [0, 0.1) is 10.5 Å². The molecule has 0 N–H and O–H groups in total. The van der Waals surface area contributed by atoms with Crippen LogP contribution in [0.15, 0.2) is 18.2 Å². The molecule has 0 bridgehead atoms. The molecule has 1 saturated carbocycles. The van der Waals surface area contributed by atoms with Crippen LogP contribution in [0.1, 0.15) is 29.9 Å². The molecule has 0 spiro atoms. The first-order valence-electron chi connectivity index (χ1n) is 4.04. The minimum atomic E-state index is 0.892. The quantitative estimate of drug-likeness (QED) is 0.676. The number of hydrogen-bond acceptors (Lipinski definition) is 0. The molecule has 2 rings (SSSR count). The van der Waals surface area contributed by atoms with E-state index in [-0.39, 0.29) is 0 Å². The summed E-state index contributed by atoms with van der Waals surface area (Å²) in [6, 6.07) is 6.57. The van der Waals surface area contributed by atoms with Crippen LogP contribution in [-0.2, 0) is 0 Å². The fourth-order valence-electron chi connectivity index (χ4n) is 1.53. The molecule has 1 fully saturated rings. The summed E-state index contributed by atoms with van der Waals surface area (Å²) in [4.78, 5) is 0. The Labute approximate surface area is 81.1 Å². The Bertz CT molecular complexity index is 254. The average Bonchev–Trinajstić information content (AvgIpc) is 2.70. The molecule has 11 heavy (non-hydrogen) atoms. The van der Waals surface area contributed by atoms with Gasteiger partial charge in [-0.3, -0.25) is 0 Å². The Kier molecular flexibility index (Phi) is 1.91. The van der Waals surface area contributed by atoms with E-state index in [0.29, 0.717) is 0 Å². The summed E-state index contributed by atoms with van der Waals surface area (Å²) in [5.74, 6) is 0.892. The summed E-state index contributed by atoms with van der Waals surface area (Å²) >= 11 is 2.44. The van der Waals surface area contributed by atoms with Crippen molar-refractivity contribution in [2.75, 3.05) is 0 Å². The van der Waals surface area contributed by atoms with Crippen LogP contribution in [0.4, 0.5) is 0 Å². The molecule has 0 aromatic heterocycles. The smallest absolute Gasteiger partial charge is 0.0167 e. The molecule has 1 aliphatic carbocycles. The van der Waals surface area contributed by atoms with Crippen molar-refractivity contribution < 1.29 is 0 Å². The van der Waals surface area contributed by atoms with Gasteiger partial charge in [0.2, 0.25) is 0 Å². The maximum Gasteiger partial charge on any atom is 0.0167 e. The lowest BCUT2D eigenvalue weighted by atomic mass is 10.1. The van der Waals surface area contributed by atoms with Crippen molar-refractivity contribution in [1.29, 1.82) is 0 Å². The van der Waals surface area contributed by atoms with Crippen molar-refractivity contribution in [2.45, 2.75) is 25.7 Å². The molecule has 0 atom stereocenters. The highest BCUT2D eigenvalue weighted by Crippen LogP contribution is 2.43. The van der Waals surface area contributed by atoms with E-state index in [2.05, 4.69) is 47.7 Å². The fourth-order valence-corrected chi connectivity index (χ4v) is 2.61. The van der Waals surface area contributed by atoms with Crippen molar-refractivity contribution in [3.8, 4) is 0 Å². The summed E-state index contributed by atoms with van der Waals surface area (Å²) in [5, 5.41) is 0. The zero-order valence-corrected chi connectivity index (χ0v) is 8.76. The Hall–Kier alpha value is -0.0500. The molecule has 1 aromatic carbocycles. The SMILES string of the molecule is Cc1cccc(I)c1C1CC1. The molecule has 0 nitrogen and oxygen atoms in total. The minimum Gasteiger partial charge on any atom is -0.0609 e. The molecule has 0 aliphatic heterocycles. The molecule has 0 heterocycles. The second kappa shape index (κ2) is 2.77. The predicted octanol–water partition coefficient (Wildman–Crippen LogP) is 3.48. The molecular weight excluding hydrogens is 247 g/mol. The third-order valence-electron chi connectivity index (χ3n) is 2.26. The highest BCUT2D eigenvalue weighted by atomic mass is 127. The van der Waals surface area contributed by atoms with Crippen molar-refractivity contribution in [2.24, 2.45) is 0 Å². The lowest BCUT2D eigenvalue weighted by molar-refractivity contribution is 1.08. The first-order chi connectivity index (χ1) is 5.29. The third-order valence-corrected chi connectivity index (χ3v) is 3.20. The zero-order chi connectivity index (χ0) is 7.84. The normalized spacial score (nSPS) is 16.9. The monoisotopic (exact) mass is 258 g/mol. The van der Waals surface area contributed by atoms with Gasteiger partial charge < -0.3 is 0 Å². The highest BCUT2D eigenvalue weighted by molar-refractivity contribution is 14.1. The van der Waals surface area contributed by atoms with Crippen LogP contribution < -0.4 is 0 Å². The number of aryl methyl sites for hydroxylation is 1. The minimum absolute atomic E-state index is 0.892. The van der Waals surface area contributed by atoms with Gasteiger partial charge in [-0.15, -0.1) is 0 Å². The molecule has 0 radical (unpaired) electrons. The van der Waals surface area contributed by atoms with Crippen LogP contribution in [0.25, 0.3) is 0 Å². The first kappa shape index (κ1) is 7.59. The molecule has 0 unspecified atom stereocenters. The van der Waals surface area contributed by atoms with Gasteiger partial charge in [0, 0.05) is 3.57 Å². The number of rotatable bonds is 1. The molecule has 1 aromatic rings. The standard InChI is InChI=1S/C10H11I/c1-7-3-2-4-9(11)10(7)8-5-6-8/h2-4,8H,5-6H2,1H3. The molecular formula is C10H11I. The second-order valence-electron chi connectivity index (χ2n) is 3.24. The second-order valence-corrected chi connectivity index (χ2v) is 4.41. The van der Waals surface area contributed by atoms with Crippen LogP contribution >= 0.6 is 22.6 Å². The van der Waals surface area contributed by atoms with Crippen molar-refractivity contribution in [3.05, 3.63) is 32.9 Å². The Morgan fingerprint density at radius 1 is 1.36 bits per heavy atom. The Morgan fingerprint density at radius 2 is 2.09 bits per heavy atom. The van der Waals surface area contributed by atoms with Crippen molar-refractivity contribution in [3.63, 3.8) is 0 Å². The highest BCUT2D eigenvalue weighted by Gasteiger charge is 2.26. The van der Waals surface area contributed by atoms with Crippen molar-refractivity contribution >= 4 is 22.6 Å². The first-order valence-corrected chi connectivity index (χ1v) is 5.12. The van der Waals surface area contributed by atoms with Gasteiger partial charge in [-0.1, -0.05) is 12.1 Å². The van der Waals surface area contributed by atoms with Gasteiger partial charge >= 0.3 is 0 Å². The Morgan fingerprint density at radius 3 is 2.64 bits per heavy atom. The van der Waals surface area contributed by atoms with Crippen LogP contribution in [0.3, 0.4) is 0 Å². The zero-order valence-electron chi connectivity index (χ0n) is 6.60. The van der Waals surface area contributed by atoms with Crippen LogP contribution in [0.5, 0.6) is 0 Å². The number of benzene rings is 1. The average molecular weight is 258 g/mol. The number of hydrogen-bond donors (Lipinski definition) is 0. The number of halogens is 1. The van der Waals surface area contributed by atoms with Gasteiger partial charge in [0.15, 0.2) is 0 Å². The van der Waals surface area contributed by atoms with E-state index in [9.17, 15) is 0 Å². The van der Waals surface area contributed by atoms with Crippen molar-refractivity contribution in [1.82, 2.24) is 0 Å². The lowest BCUT2D eigenvalue weighted by Gasteiger charge is -2.05. The fraction of sp³-hybridized carbons (Fsp3) is 0.400. The van der Waals surface area contributed by atoms with E-state index in [1.165, 1.54) is 22.0 Å². The van der Waals surface area contributed by atoms with E-state index in [0.717, 1.165) is 5.92 Å². The largest absolute Gasteiger partial charge is 0.0609 e. The lowest BCUT2D eigenvalue weighted by Crippen LogP contribution is -1.89. The summed E-state index contributed by atoms with van der Waals surface area (Å²) in [5.41, 5.74) is 3.08. The van der Waals surface area contributed by atoms with Gasteiger partial charge in [-0.25, -0.2) is 0 Å². The molecule has 1 heteroatoms. The summed E-state index contributed by atoms with van der Waals surface area (Å²) < 4.78 is 1.45. The van der Waals surface area contributed by atoms with Gasteiger partial charge in [-0.05, 0) is 65.5 Å². The van der Waals surface area contributed by atoms with Gasteiger partial charge in [0.05, 0.1) is 0 Å². The van der Waals surface area contributed by atoms with Crippen LogP contribution in [0.2, 0.25) is 0 Å².